The zero-order chi connectivity index (χ0) is 13.7. The summed E-state index contributed by atoms with van der Waals surface area (Å²) < 4.78 is 0. The van der Waals surface area contributed by atoms with Gasteiger partial charge in [-0.15, -0.1) is 12.4 Å². The van der Waals surface area contributed by atoms with E-state index in [0.717, 1.165) is 0 Å². The lowest BCUT2D eigenvalue weighted by molar-refractivity contribution is -0.485. The van der Waals surface area contributed by atoms with Crippen molar-refractivity contribution in [3.63, 3.8) is 0 Å². The van der Waals surface area contributed by atoms with Gasteiger partial charge in [-0.2, -0.15) is 0 Å². The zero-order valence-electron chi connectivity index (χ0n) is 9.52. The van der Waals surface area contributed by atoms with Crippen LogP contribution in [0.3, 0.4) is 0 Å². The third-order valence-electron chi connectivity index (χ3n) is 1.97. The maximum absolute atomic E-state index is 10.7. The Labute approximate surface area is 113 Å². The summed E-state index contributed by atoms with van der Waals surface area (Å²) >= 11 is 0. The van der Waals surface area contributed by atoms with Crippen molar-refractivity contribution in [3.8, 4) is 0 Å². The van der Waals surface area contributed by atoms with Crippen molar-refractivity contribution in [2.24, 2.45) is 16.6 Å². The molecule has 1 rings (SSSR count). The first kappa shape index (κ1) is 16.6. The van der Waals surface area contributed by atoms with Crippen molar-refractivity contribution in [2.45, 2.75) is 6.04 Å². The van der Waals surface area contributed by atoms with Crippen LogP contribution >= 0.6 is 12.4 Å². The molecule has 0 unspecified atom stereocenters. The second-order valence-electron chi connectivity index (χ2n) is 3.29. The number of anilines is 1. The molecule has 19 heavy (non-hydrogen) atoms. The number of nitro groups is 1. The molecule has 0 bridgehead atoms. The van der Waals surface area contributed by atoms with E-state index < -0.39 is 23.0 Å². The third-order valence-corrected chi connectivity index (χ3v) is 1.97. The number of halogens is 1. The molecule has 0 radical (unpaired) electrons. The molecule has 0 amide bonds. The lowest BCUT2D eigenvalue weighted by Crippen LogP contribution is -2.24. The van der Waals surface area contributed by atoms with Gasteiger partial charge in [0.25, 0.3) is 5.96 Å². The Hall–Kier alpha value is -2.39. The fourth-order valence-electron chi connectivity index (χ4n) is 1.21. The number of rotatable bonds is 4. The molecule has 0 saturated carbocycles. The fraction of sp³-hybridized carbons (Fsp3) is 0.111. The maximum atomic E-state index is 10.7. The highest BCUT2D eigenvalue weighted by molar-refractivity contribution is 5.92. The van der Waals surface area contributed by atoms with Gasteiger partial charge in [0.05, 0.1) is 0 Å². The van der Waals surface area contributed by atoms with Gasteiger partial charge in [0.2, 0.25) is 0 Å². The van der Waals surface area contributed by atoms with E-state index in [0.29, 0.717) is 11.3 Å². The zero-order valence-corrected chi connectivity index (χ0v) is 10.3. The molecular weight excluding hydrogens is 278 g/mol. The summed E-state index contributed by atoms with van der Waals surface area (Å²) in [5.41, 5.74) is 11.4. The average Bonchev–Trinajstić information content (AvgIpc) is 2.26. The Morgan fingerprint density at radius 2 is 2.16 bits per heavy atom. The Bertz CT molecular complexity index is 507. The monoisotopic (exact) mass is 289 g/mol. The maximum Gasteiger partial charge on any atom is 0.325 e. The highest BCUT2D eigenvalue weighted by Crippen LogP contribution is 2.16. The van der Waals surface area contributed by atoms with Crippen LogP contribution in [0, 0.1) is 10.1 Å². The quantitative estimate of drug-likeness (QED) is 0.265. The van der Waals surface area contributed by atoms with Crippen LogP contribution in [0.4, 0.5) is 5.69 Å². The normalized spacial score (nSPS) is 12.2. The van der Waals surface area contributed by atoms with E-state index in [4.69, 9.17) is 16.6 Å². The molecule has 0 aromatic heterocycles. The lowest BCUT2D eigenvalue weighted by atomic mass is 10.1. The van der Waals surface area contributed by atoms with Crippen LogP contribution in [-0.4, -0.2) is 22.1 Å². The van der Waals surface area contributed by atoms with E-state index in [9.17, 15) is 14.9 Å². The molecule has 1 aromatic rings. The van der Waals surface area contributed by atoms with Gasteiger partial charge in [0, 0.05) is 5.69 Å². The number of carboxylic acids is 1. The molecule has 0 aliphatic rings. The number of hydrazone groups is 1. The molecule has 0 spiro atoms. The van der Waals surface area contributed by atoms with E-state index in [-0.39, 0.29) is 12.4 Å². The van der Waals surface area contributed by atoms with Crippen LogP contribution in [0.1, 0.15) is 11.6 Å². The number of carboxylic acid groups (broad SMARTS) is 1. The SMILES string of the molecule is Cl.NC(=N[N+](=O)[O-])Nc1cccc([C@H](N)C(=O)O)c1. The fourth-order valence-corrected chi connectivity index (χ4v) is 1.21. The topological polar surface area (TPSA) is 157 Å². The minimum Gasteiger partial charge on any atom is -0.480 e. The van der Waals surface area contributed by atoms with Crippen molar-refractivity contribution in [2.75, 3.05) is 5.32 Å². The van der Waals surface area contributed by atoms with Crippen LogP contribution in [0.25, 0.3) is 0 Å². The first-order valence-electron chi connectivity index (χ1n) is 4.74. The molecule has 1 aromatic carbocycles. The number of nitrogens with one attached hydrogen (secondary N) is 1. The summed E-state index contributed by atoms with van der Waals surface area (Å²) in [6.45, 7) is 0. The van der Waals surface area contributed by atoms with Crippen LogP contribution in [0.2, 0.25) is 0 Å². The molecule has 0 fully saturated rings. The van der Waals surface area contributed by atoms with Crippen molar-refractivity contribution in [1.82, 2.24) is 0 Å². The van der Waals surface area contributed by atoms with Gasteiger partial charge in [0.1, 0.15) is 11.1 Å². The lowest BCUT2D eigenvalue weighted by Gasteiger charge is -2.09. The molecular formula is C9H12ClN5O4. The molecule has 10 heteroatoms. The predicted octanol–water partition coefficient (Wildman–Crippen LogP) is 0.111. The van der Waals surface area contributed by atoms with Gasteiger partial charge in [0.15, 0.2) is 5.03 Å². The van der Waals surface area contributed by atoms with E-state index >= 15 is 0 Å². The highest BCUT2D eigenvalue weighted by Gasteiger charge is 2.14. The molecule has 0 heterocycles. The summed E-state index contributed by atoms with van der Waals surface area (Å²) in [7, 11) is 0. The minimum absolute atomic E-state index is 0. The van der Waals surface area contributed by atoms with E-state index in [1.165, 1.54) is 12.1 Å². The molecule has 1 atom stereocenters. The van der Waals surface area contributed by atoms with Gasteiger partial charge < -0.3 is 21.9 Å². The highest BCUT2D eigenvalue weighted by atomic mass is 35.5. The Kier molecular flexibility index (Phi) is 6.24. The summed E-state index contributed by atoms with van der Waals surface area (Å²) in [6, 6.07) is 4.84. The van der Waals surface area contributed by atoms with Crippen LogP contribution < -0.4 is 16.8 Å². The summed E-state index contributed by atoms with van der Waals surface area (Å²) in [4.78, 5) is 20.8. The molecule has 0 aliphatic heterocycles. The van der Waals surface area contributed by atoms with Gasteiger partial charge in [-0.1, -0.05) is 12.1 Å². The Morgan fingerprint density at radius 1 is 1.53 bits per heavy atom. The van der Waals surface area contributed by atoms with Gasteiger partial charge in [-0.25, -0.2) is 10.1 Å². The second kappa shape index (κ2) is 7.13. The number of carbonyl (C=O) groups is 1. The number of aliphatic carboxylic acids is 1. The van der Waals surface area contributed by atoms with Crippen molar-refractivity contribution in [3.05, 3.63) is 39.9 Å². The van der Waals surface area contributed by atoms with Crippen LogP contribution in [-0.2, 0) is 4.79 Å². The van der Waals surface area contributed by atoms with E-state index in [1.54, 1.807) is 12.1 Å². The molecule has 0 aliphatic carbocycles. The number of nitrogens with two attached hydrogens (primary N) is 2. The molecule has 0 saturated heterocycles. The average molecular weight is 290 g/mol. The van der Waals surface area contributed by atoms with Crippen molar-refractivity contribution >= 4 is 30.0 Å². The number of hydrogen-bond donors (Lipinski definition) is 4. The number of nitrogens with zero attached hydrogens (tertiary/aromatic N) is 2. The predicted molar refractivity (Wildman–Crippen MR) is 70.5 cm³/mol. The first-order valence-corrected chi connectivity index (χ1v) is 4.74. The van der Waals surface area contributed by atoms with E-state index in [2.05, 4.69) is 10.4 Å². The van der Waals surface area contributed by atoms with E-state index in [1.807, 2.05) is 0 Å². The molecule has 9 nitrogen and oxygen atoms in total. The van der Waals surface area contributed by atoms with Crippen LogP contribution in [0.15, 0.2) is 29.4 Å². The second-order valence-corrected chi connectivity index (χ2v) is 3.29. The largest absolute Gasteiger partial charge is 0.480 e. The summed E-state index contributed by atoms with van der Waals surface area (Å²) in [5, 5.41) is 23.1. The van der Waals surface area contributed by atoms with Crippen molar-refractivity contribution < 1.29 is 14.9 Å². The minimum atomic E-state index is -1.18. The van der Waals surface area contributed by atoms with Gasteiger partial charge >= 0.3 is 5.97 Å². The van der Waals surface area contributed by atoms with Gasteiger partial charge in [-0.3, -0.25) is 4.79 Å². The molecule has 6 N–H and O–H groups in total. The van der Waals surface area contributed by atoms with Gasteiger partial charge in [-0.05, 0) is 17.7 Å². The number of guanidine groups is 1. The summed E-state index contributed by atoms with van der Waals surface area (Å²) in [5.74, 6) is -1.60. The number of benzene rings is 1. The Balaban J connectivity index is 0.00000324. The van der Waals surface area contributed by atoms with Crippen LogP contribution in [0.5, 0.6) is 0 Å². The third kappa shape index (κ3) is 5.19. The van der Waals surface area contributed by atoms with Crippen molar-refractivity contribution in [1.29, 1.82) is 0 Å². The smallest absolute Gasteiger partial charge is 0.325 e. The molecule has 104 valence electrons. The standard InChI is InChI=1S/C9H11N5O4.ClH/c10-7(8(15)16)5-2-1-3-6(4-5)12-9(11)13-14(17)18;/h1-4,7H,10H2,(H,15,16)(H3,11,12,13);1H/t7-;/m0./s1. The Morgan fingerprint density at radius 3 is 2.68 bits per heavy atom. The number of hydrogen-bond acceptors (Lipinski definition) is 4. The summed E-state index contributed by atoms with van der Waals surface area (Å²) in [6.07, 6.45) is 0. The first-order chi connectivity index (χ1) is 8.40.